The lowest BCUT2D eigenvalue weighted by Crippen LogP contribution is -2.30. The lowest BCUT2D eigenvalue weighted by atomic mass is 10.2. The fourth-order valence-corrected chi connectivity index (χ4v) is 1.69. The number of nitrogens with zero attached hydrogens (tertiary/aromatic N) is 1. The van der Waals surface area contributed by atoms with E-state index in [1.54, 1.807) is 7.11 Å². The number of ether oxygens (including phenoxy) is 1. The Hall–Kier alpha value is -1.75. The van der Waals surface area contributed by atoms with Crippen LogP contribution in [0, 0.1) is 0 Å². The molecule has 1 aromatic rings. The van der Waals surface area contributed by atoms with Crippen LogP contribution in [0.15, 0.2) is 24.3 Å². The minimum absolute atomic E-state index is 0.290. The second kappa shape index (κ2) is 7.55. The fourth-order valence-electron chi connectivity index (χ4n) is 1.69. The van der Waals surface area contributed by atoms with Crippen molar-refractivity contribution < 1.29 is 9.53 Å². The third-order valence-corrected chi connectivity index (χ3v) is 2.70. The van der Waals surface area contributed by atoms with Crippen LogP contribution in [0.1, 0.15) is 12.8 Å². The Labute approximate surface area is 108 Å². The third kappa shape index (κ3) is 4.63. The van der Waals surface area contributed by atoms with Gasteiger partial charge in [0, 0.05) is 25.2 Å². The van der Waals surface area contributed by atoms with Gasteiger partial charge in [0.2, 0.25) is 5.91 Å². The molecular weight excluding hydrogens is 230 g/mol. The van der Waals surface area contributed by atoms with Crippen LogP contribution in [0.5, 0.6) is 5.75 Å². The van der Waals surface area contributed by atoms with Crippen LogP contribution in [0.4, 0.5) is 5.69 Å². The van der Waals surface area contributed by atoms with E-state index in [0.29, 0.717) is 19.5 Å². The SMILES string of the molecule is COc1ccc(N(CCCN)CCC(N)=O)cc1. The first-order valence-electron chi connectivity index (χ1n) is 6.04. The first kappa shape index (κ1) is 14.3. The summed E-state index contributed by atoms with van der Waals surface area (Å²) in [5.74, 6) is 0.522. The molecule has 5 nitrogen and oxygen atoms in total. The fraction of sp³-hybridized carbons (Fsp3) is 0.462. The van der Waals surface area contributed by atoms with Gasteiger partial charge in [0.1, 0.15) is 5.75 Å². The van der Waals surface area contributed by atoms with Crippen LogP contribution in [-0.2, 0) is 4.79 Å². The molecule has 4 N–H and O–H groups in total. The number of primary amides is 1. The van der Waals surface area contributed by atoms with Gasteiger partial charge >= 0.3 is 0 Å². The molecule has 0 aliphatic carbocycles. The monoisotopic (exact) mass is 251 g/mol. The first-order chi connectivity index (χ1) is 8.67. The lowest BCUT2D eigenvalue weighted by molar-refractivity contribution is -0.117. The van der Waals surface area contributed by atoms with Gasteiger partial charge in [-0.05, 0) is 37.2 Å². The van der Waals surface area contributed by atoms with Gasteiger partial charge in [0.15, 0.2) is 0 Å². The van der Waals surface area contributed by atoms with Crippen LogP contribution in [0.25, 0.3) is 0 Å². The molecule has 0 spiro atoms. The van der Waals surface area contributed by atoms with Gasteiger partial charge in [0.05, 0.1) is 7.11 Å². The number of carbonyl (C=O) groups excluding carboxylic acids is 1. The molecule has 0 aromatic heterocycles. The molecule has 0 aliphatic rings. The zero-order valence-electron chi connectivity index (χ0n) is 10.8. The number of anilines is 1. The van der Waals surface area contributed by atoms with E-state index in [9.17, 15) is 4.79 Å². The summed E-state index contributed by atoms with van der Waals surface area (Å²) in [4.78, 5) is 13.0. The van der Waals surface area contributed by atoms with Gasteiger partial charge in [-0.25, -0.2) is 0 Å². The molecule has 18 heavy (non-hydrogen) atoms. The van der Waals surface area contributed by atoms with Crippen molar-refractivity contribution in [2.75, 3.05) is 31.6 Å². The molecule has 1 rings (SSSR count). The third-order valence-electron chi connectivity index (χ3n) is 2.70. The van der Waals surface area contributed by atoms with E-state index in [2.05, 4.69) is 4.90 Å². The van der Waals surface area contributed by atoms with Crippen molar-refractivity contribution in [2.45, 2.75) is 12.8 Å². The maximum atomic E-state index is 10.9. The Morgan fingerprint density at radius 1 is 1.28 bits per heavy atom. The predicted octanol–water partition coefficient (Wildman–Crippen LogP) is 0.726. The molecule has 0 saturated heterocycles. The molecule has 0 bridgehead atoms. The van der Waals surface area contributed by atoms with Gasteiger partial charge in [0.25, 0.3) is 0 Å². The van der Waals surface area contributed by atoms with E-state index in [1.165, 1.54) is 0 Å². The highest BCUT2D eigenvalue weighted by molar-refractivity contribution is 5.74. The summed E-state index contributed by atoms with van der Waals surface area (Å²) in [6.07, 6.45) is 1.22. The highest BCUT2D eigenvalue weighted by atomic mass is 16.5. The highest BCUT2D eigenvalue weighted by Crippen LogP contribution is 2.19. The van der Waals surface area contributed by atoms with Crippen molar-refractivity contribution >= 4 is 11.6 Å². The topological polar surface area (TPSA) is 81.6 Å². The molecule has 0 atom stereocenters. The summed E-state index contributed by atoms with van der Waals surface area (Å²) in [6, 6.07) is 7.73. The highest BCUT2D eigenvalue weighted by Gasteiger charge is 2.07. The molecule has 0 aliphatic heterocycles. The van der Waals surface area contributed by atoms with E-state index in [-0.39, 0.29) is 5.91 Å². The van der Waals surface area contributed by atoms with Crippen molar-refractivity contribution in [2.24, 2.45) is 11.5 Å². The Balaban J connectivity index is 2.69. The normalized spacial score (nSPS) is 10.1. The first-order valence-corrected chi connectivity index (χ1v) is 6.04. The van der Waals surface area contributed by atoms with Crippen molar-refractivity contribution in [1.29, 1.82) is 0 Å². The molecule has 0 heterocycles. The zero-order chi connectivity index (χ0) is 13.4. The van der Waals surface area contributed by atoms with Gasteiger partial charge in [-0.3, -0.25) is 4.79 Å². The number of carbonyl (C=O) groups is 1. The van der Waals surface area contributed by atoms with Crippen LogP contribution in [-0.4, -0.2) is 32.7 Å². The van der Waals surface area contributed by atoms with Crippen LogP contribution >= 0.6 is 0 Å². The Kier molecular flexibility index (Phi) is 6.00. The Morgan fingerprint density at radius 2 is 1.94 bits per heavy atom. The summed E-state index contributed by atoms with van der Waals surface area (Å²) in [6.45, 7) is 2.06. The second-order valence-electron chi connectivity index (χ2n) is 4.04. The van der Waals surface area contributed by atoms with Gasteiger partial charge in [-0.2, -0.15) is 0 Å². The molecule has 1 aromatic carbocycles. The molecule has 0 saturated carbocycles. The van der Waals surface area contributed by atoms with Gasteiger partial charge < -0.3 is 21.1 Å². The molecule has 0 unspecified atom stereocenters. The van der Waals surface area contributed by atoms with Crippen LogP contribution in [0.2, 0.25) is 0 Å². The Bertz CT molecular complexity index is 365. The largest absolute Gasteiger partial charge is 0.497 e. The summed E-state index contributed by atoms with van der Waals surface area (Å²) in [5, 5.41) is 0. The summed E-state index contributed by atoms with van der Waals surface area (Å²) >= 11 is 0. The molecular formula is C13H21N3O2. The van der Waals surface area contributed by atoms with E-state index in [4.69, 9.17) is 16.2 Å². The van der Waals surface area contributed by atoms with Crippen LogP contribution < -0.4 is 21.1 Å². The van der Waals surface area contributed by atoms with Gasteiger partial charge in [-0.1, -0.05) is 0 Å². The van der Waals surface area contributed by atoms with E-state index >= 15 is 0 Å². The zero-order valence-corrected chi connectivity index (χ0v) is 10.8. The van der Waals surface area contributed by atoms with Crippen molar-refractivity contribution in [1.82, 2.24) is 0 Å². The number of amides is 1. The predicted molar refractivity (Wildman–Crippen MR) is 72.7 cm³/mol. The minimum Gasteiger partial charge on any atom is -0.497 e. The number of hydrogen-bond acceptors (Lipinski definition) is 4. The van der Waals surface area contributed by atoms with E-state index in [1.807, 2.05) is 24.3 Å². The molecule has 100 valence electrons. The number of benzene rings is 1. The maximum Gasteiger partial charge on any atom is 0.219 e. The quantitative estimate of drug-likeness (QED) is 0.713. The van der Waals surface area contributed by atoms with Crippen molar-refractivity contribution in [3.8, 4) is 5.75 Å². The molecule has 1 amide bonds. The van der Waals surface area contributed by atoms with Crippen molar-refractivity contribution in [3.63, 3.8) is 0 Å². The average Bonchev–Trinajstić information content (AvgIpc) is 2.39. The smallest absolute Gasteiger partial charge is 0.219 e. The van der Waals surface area contributed by atoms with E-state index < -0.39 is 0 Å². The molecule has 5 heteroatoms. The lowest BCUT2D eigenvalue weighted by Gasteiger charge is -2.24. The summed E-state index contributed by atoms with van der Waals surface area (Å²) < 4.78 is 5.12. The number of methoxy groups -OCH3 is 1. The summed E-state index contributed by atoms with van der Waals surface area (Å²) in [7, 11) is 1.63. The minimum atomic E-state index is -0.290. The summed E-state index contributed by atoms with van der Waals surface area (Å²) in [5.41, 5.74) is 11.7. The van der Waals surface area contributed by atoms with Crippen molar-refractivity contribution in [3.05, 3.63) is 24.3 Å². The van der Waals surface area contributed by atoms with Crippen LogP contribution in [0.3, 0.4) is 0 Å². The maximum absolute atomic E-state index is 10.9. The standard InChI is InChI=1S/C13H21N3O2/c1-18-12-5-3-11(4-6-12)16(9-2-8-14)10-7-13(15)17/h3-6H,2,7-10,14H2,1H3,(H2,15,17). The molecule has 0 fully saturated rings. The number of nitrogens with two attached hydrogens (primary N) is 2. The number of rotatable bonds is 8. The molecule has 0 radical (unpaired) electrons. The van der Waals surface area contributed by atoms with Gasteiger partial charge in [-0.15, -0.1) is 0 Å². The van der Waals surface area contributed by atoms with E-state index in [0.717, 1.165) is 24.4 Å². The number of hydrogen-bond donors (Lipinski definition) is 2. The Morgan fingerprint density at radius 3 is 2.44 bits per heavy atom. The second-order valence-corrected chi connectivity index (χ2v) is 4.04. The average molecular weight is 251 g/mol.